The molecular formula is C9H13N2O3S2+. The summed E-state index contributed by atoms with van der Waals surface area (Å²) < 4.78 is 32.0. The lowest BCUT2D eigenvalue weighted by Gasteiger charge is -2.03. The number of hydrogen-bond acceptors (Lipinski definition) is 4. The molecular weight excluding hydrogens is 248 g/mol. The number of allylic oxidation sites excluding steroid dienone is 1. The Bertz CT molecular complexity index is 491. The lowest BCUT2D eigenvalue weighted by Crippen LogP contribution is -2.23. The molecule has 88 valence electrons. The van der Waals surface area contributed by atoms with Crippen LogP contribution in [0.5, 0.6) is 0 Å². The maximum atomic E-state index is 10.6. The molecule has 0 radical (unpaired) electrons. The first-order chi connectivity index (χ1) is 7.47. The summed E-state index contributed by atoms with van der Waals surface area (Å²) in [7, 11) is -3.85. The molecule has 7 heteroatoms. The summed E-state index contributed by atoms with van der Waals surface area (Å²) in [5, 5.41) is 1.28. The van der Waals surface area contributed by atoms with Gasteiger partial charge >= 0.3 is 0 Å². The highest BCUT2D eigenvalue weighted by Gasteiger charge is 2.36. The van der Waals surface area contributed by atoms with Crippen LogP contribution in [-0.4, -0.2) is 46.0 Å². The molecule has 0 aromatic heterocycles. The maximum Gasteiger partial charge on any atom is 0.265 e. The monoisotopic (exact) mass is 261 g/mol. The molecule has 0 aliphatic carbocycles. The molecule has 0 fully saturated rings. The molecule has 0 amide bonds. The van der Waals surface area contributed by atoms with Crippen LogP contribution in [0.3, 0.4) is 0 Å². The molecule has 2 heterocycles. The first kappa shape index (κ1) is 11.8. The van der Waals surface area contributed by atoms with Crippen molar-refractivity contribution in [2.45, 2.75) is 18.7 Å². The van der Waals surface area contributed by atoms with E-state index < -0.39 is 10.1 Å². The predicted molar refractivity (Wildman–Crippen MR) is 64.8 cm³/mol. The summed E-state index contributed by atoms with van der Waals surface area (Å²) in [4.78, 5) is 4.21. The second-order valence-electron chi connectivity index (χ2n) is 3.69. The van der Waals surface area contributed by atoms with Gasteiger partial charge in [0, 0.05) is 25.6 Å². The van der Waals surface area contributed by atoms with Gasteiger partial charge in [-0.15, -0.1) is 0 Å². The van der Waals surface area contributed by atoms with Crippen LogP contribution in [-0.2, 0) is 10.1 Å². The predicted octanol–water partition coefficient (Wildman–Crippen LogP) is 0.736. The van der Waals surface area contributed by atoms with Crippen molar-refractivity contribution in [3.8, 4) is 0 Å². The molecule has 0 aromatic carbocycles. The zero-order valence-corrected chi connectivity index (χ0v) is 10.5. The van der Waals surface area contributed by atoms with Crippen molar-refractivity contribution in [2.75, 3.05) is 12.3 Å². The smallest absolute Gasteiger partial charge is 0.265 e. The van der Waals surface area contributed by atoms with Gasteiger partial charge in [-0.25, -0.2) is 9.57 Å². The van der Waals surface area contributed by atoms with Crippen LogP contribution in [0.15, 0.2) is 17.3 Å². The quantitative estimate of drug-likeness (QED) is 0.598. The van der Waals surface area contributed by atoms with E-state index in [2.05, 4.69) is 16.5 Å². The normalized spacial score (nSPS) is 23.9. The second kappa shape index (κ2) is 4.31. The number of aliphatic imine (C=N–C) groups is 1. The molecule has 1 atom stereocenters. The first-order valence-electron chi connectivity index (χ1n) is 4.97. The van der Waals surface area contributed by atoms with E-state index in [1.54, 1.807) is 18.0 Å². The fourth-order valence-electron chi connectivity index (χ4n) is 1.76. The van der Waals surface area contributed by atoms with Crippen molar-refractivity contribution in [3.05, 3.63) is 12.3 Å². The van der Waals surface area contributed by atoms with E-state index in [9.17, 15) is 8.42 Å². The molecule has 2 rings (SSSR count). The van der Waals surface area contributed by atoms with Crippen molar-refractivity contribution in [2.24, 2.45) is 4.99 Å². The SMILES string of the molecule is CC1SC2=NC=CC2=[N+]1CCCS(=O)(=O)O. The van der Waals surface area contributed by atoms with Crippen LogP contribution >= 0.6 is 11.8 Å². The summed E-state index contributed by atoms with van der Waals surface area (Å²) in [6, 6.07) is 0. The van der Waals surface area contributed by atoms with E-state index in [4.69, 9.17) is 4.55 Å². The molecule has 0 saturated carbocycles. The minimum atomic E-state index is -3.85. The van der Waals surface area contributed by atoms with Gasteiger partial charge in [0.25, 0.3) is 10.1 Å². The van der Waals surface area contributed by atoms with Crippen LogP contribution in [0.1, 0.15) is 13.3 Å². The van der Waals surface area contributed by atoms with Crippen LogP contribution < -0.4 is 0 Å². The van der Waals surface area contributed by atoms with Crippen molar-refractivity contribution in [1.29, 1.82) is 0 Å². The molecule has 1 unspecified atom stereocenters. The third kappa shape index (κ3) is 2.53. The van der Waals surface area contributed by atoms with Gasteiger partial charge < -0.3 is 0 Å². The van der Waals surface area contributed by atoms with Crippen LogP contribution in [0, 0.1) is 0 Å². The van der Waals surface area contributed by atoms with Crippen molar-refractivity contribution >= 4 is 32.6 Å². The van der Waals surface area contributed by atoms with Gasteiger partial charge in [-0.3, -0.25) is 4.55 Å². The zero-order valence-electron chi connectivity index (χ0n) is 8.83. The molecule has 0 spiro atoms. The Morgan fingerprint density at radius 2 is 2.38 bits per heavy atom. The average molecular weight is 261 g/mol. The van der Waals surface area contributed by atoms with Crippen molar-refractivity contribution in [3.63, 3.8) is 0 Å². The van der Waals surface area contributed by atoms with Gasteiger partial charge in [0.05, 0.1) is 5.75 Å². The molecule has 0 aromatic rings. The number of rotatable bonds is 4. The van der Waals surface area contributed by atoms with E-state index in [0.717, 1.165) is 10.8 Å². The van der Waals surface area contributed by atoms with Crippen LogP contribution in [0.2, 0.25) is 0 Å². The fourth-order valence-corrected chi connectivity index (χ4v) is 3.35. The largest absolute Gasteiger partial charge is 0.286 e. The molecule has 0 saturated heterocycles. The number of thioether (sulfide) groups is 1. The summed E-state index contributed by atoms with van der Waals surface area (Å²) in [6.45, 7) is 2.67. The highest BCUT2D eigenvalue weighted by Crippen LogP contribution is 2.26. The van der Waals surface area contributed by atoms with E-state index in [1.807, 2.05) is 6.08 Å². The highest BCUT2D eigenvalue weighted by molar-refractivity contribution is 8.16. The van der Waals surface area contributed by atoms with Gasteiger partial charge in [-0.1, -0.05) is 0 Å². The third-order valence-corrected chi connectivity index (χ3v) is 4.41. The van der Waals surface area contributed by atoms with E-state index >= 15 is 0 Å². The second-order valence-corrected chi connectivity index (χ2v) is 6.56. The van der Waals surface area contributed by atoms with E-state index in [-0.39, 0.29) is 11.1 Å². The standard InChI is InChI=1S/C9H12N2O3S2/c1-7-11(5-2-6-16(12,13)14)8-3-4-10-9(8)15-7/h3-4,7H,2,5-6H2,1H3/p+1. The Hall–Kier alpha value is -0.660. The van der Waals surface area contributed by atoms with Gasteiger partial charge in [0.1, 0.15) is 6.54 Å². The Labute approximate surface area is 98.7 Å². The van der Waals surface area contributed by atoms with Crippen molar-refractivity contribution < 1.29 is 17.5 Å². The topological polar surface area (TPSA) is 69.7 Å². The number of hydrogen-bond donors (Lipinski definition) is 1. The molecule has 2 aliphatic rings. The Morgan fingerprint density at radius 3 is 3.06 bits per heavy atom. The number of fused-ring (bicyclic) bond motifs is 1. The van der Waals surface area contributed by atoms with Gasteiger partial charge in [-0.2, -0.15) is 8.42 Å². The van der Waals surface area contributed by atoms with Crippen LogP contribution in [0.4, 0.5) is 0 Å². The molecule has 5 nitrogen and oxygen atoms in total. The molecule has 0 bridgehead atoms. The Kier molecular flexibility index (Phi) is 3.18. The Morgan fingerprint density at radius 1 is 1.62 bits per heavy atom. The summed E-state index contributed by atoms with van der Waals surface area (Å²) in [5.41, 5.74) is 1.06. The number of nitrogens with zero attached hydrogens (tertiary/aromatic N) is 2. The first-order valence-corrected chi connectivity index (χ1v) is 7.46. The minimum absolute atomic E-state index is 0.190. The zero-order chi connectivity index (χ0) is 11.8. The van der Waals surface area contributed by atoms with Crippen LogP contribution in [0.25, 0.3) is 0 Å². The van der Waals surface area contributed by atoms with E-state index in [0.29, 0.717) is 13.0 Å². The molecule has 16 heavy (non-hydrogen) atoms. The van der Waals surface area contributed by atoms with E-state index in [1.165, 1.54) is 0 Å². The van der Waals surface area contributed by atoms with Crippen molar-refractivity contribution in [1.82, 2.24) is 0 Å². The lowest BCUT2D eigenvalue weighted by atomic mass is 10.3. The summed E-state index contributed by atoms with van der Waals surface area (Å²) >= 11 is 1.67. The maximum absolute atomic E-state index is 10.6. The minimum Gasteiger partial charge on any atom is -0.286 e. The fraction of sp³-hybridized carbons (Fsp3) is 0.556. The third-order valence-electron chi connectivity index (χ3n) is 2.48. The van der Waals surface area contributed by atoms with Gasteiger partial charge in [-0.05, 0) is 11.8 Å². The highest BCUT2D eigenvalue weighted by atomic mass is 32.2. The van der Waals surface area contributed by atoms with Gasteiger partial charge in [0.15, 0.2) is 5.04 Å². The molecule has 1 N–H and O–H groups in total. The summed E-state index contributed by atoms with van der Waals surface area (Å²) in [6.07, 6.45) is 4.10. The van der Waals surface area contributed by atoms with Gasteiger partial charge in [0.2, 0.25) is 11.1 Å². The Balaban J connectivity index is 2.02. The average Bonchev–Trinajstić information content (AvgIpc) is 2.67. The summed E-state index contributed by atoms with van der Waals surface area (Å²) in [5.74, 6) is -0.190. The molecule has 2 aliphatic heterocycles. The lowest BCUT2D eigenvalue weighted by molar-refractivity contribution is -0.533.